The molecular formula is C9H6BrN3O3. The standard InChI is InChI=1S/C9H6BrN3O3/c10-7-2-1-6(16-7)3-5(4-11)8(14)13-9(12)15/h1-3H,(H3,12,13,14,15)/b5-3-. The second kappa shape index (κ2) is 5.14. The third-order valence-corrected chi connectivity index (χ3v) is 1.91. The highest BCUT2D eigenvalue weighted by molar-refractivity contribution is 9.10. The average molecular weight is 284 g/mol. The Bertz CT molecular complexity index is 498. The number of nitriles is 1. The van der Waals surface area contributed by atoms with E-state index in [0.717, 1.165) is 0 Å². The molecule has 0 bridgehead atoms. The van der Waals surface area contributed by atoms with Crippen LogP contribution >= 0.6 is 15.9 Å². The molecule has 0 saturated heterocycles. The summed E-state index contributed by atoms with van der Waals surface area (Å²) < 4.78 is 5.53. The van der Waals surface area contributed by atoms with E-state index < -0.39 is 11.9 Å². The fourth-order valence-electron chi connectivity index (χ4n) is 0.876. The van der Waals surface area contributed by atoms with Crippen LogP contribution in [0.15, 0.2) is 26.8 Å². The van der Waals surface area contributed by atoms with Crippen LogP contribution in [0.5, 0.6) is 0 Å². The largest absolute Gasteiger partial charge is 0.450 e. The van der Waals surface area contributed by atoms with Crippen LogP contribution < -0.4 is 11.1 Å². The smallest absolute Gasteiger partial charge is 0.319 e. The molecule has 0 spiro atoms. The number of primary amides is 1. The molecule has 0 atom stereocenters. The van der Waals surface area contributed by atoms with Gasteiger partial charge in [0.2, 0.25) is 0 Å². The number of furan rings is 1. The number of nitrogens with zero attached hydrogens (tertiary/aromatic N) is 1. The van der Waals surface area contributed by atoms with Gasteiger partial charge in [0, 0.05) is 6.08 Å². The van der Waals surface area contributed by atoms with Crippen LogP contribution in [0.1, 0.15) is 5.76 Å². The Labute approximate surface area is 98.8 Å². The van der Waals surface area contributed by atoms with Crippen molar-refractivity contribution in [1.82, 2.24) is 5.32 Å². The lowest BCUT2D eigenvalue weighted by Gasteiger charge is -1.97. The molecule has 0 saturated carbocycles. The van der Waals surface area contributed by atoms with E-state index in [2.05, 4.69) is 15.9 Å². The molecule has 1 aromatic rings. The fourth-order valence-corrected chi connectivity index (χ4v) is 1.20. The maximum atomic E-state index is 11.2. The van der Waals surface area contributed by atoms with Gasteiger partial charge in [-0.1, -0.05) is 0 Å². The van der Waals surface area contributed by atoms with Crippen LogP contribution in [0, 0.1) is 11.3 Å². The SMILES string of the molecule is N#C/C(=C/c1ccc(Br)o1)C(=O)NC(N)=O. The molecule has 3 amide bonds. The Hall–Kier alpha value is -2.07. The van der Waals surface area contributed by atoms with Crippen molar-refractivity contribution in [2.75, 3.05) is 0 Å². The number of hydrogen-bond acceptors (Lipinski definition) is 4. The summed E-state index contributed by atoms with van der Waals surface area (Å²) in [6.07, 6.45) is 1.20. The topological polar surface area (TPSA) is 109 Å². The van der Waals surface area contributed by atoms with Crippen LogP contribution in [0.25, 0.3) is 6.08 Å². The van der Waals surface area contributed by atoms with Crippen LogP contribution in [0.4, 0.5) is 4.79 Å². The van der Waals surface area contributed by atoms with Gasteiger partial charge in [0.05, 0.1) is 0 Å². The number of hydrogen-bond donors (Lipinski definition) is 2. The van der Waals surface area contributed by atoms with Gasteiger partial charge in [0.15, 0.2) is 4.67 Å². The zero-order valence-corrected chi connectivity index (χ0v) is 9.45. The highest BCUT2D eigenvalue weighted by Crippen LogP contribution is 2.16. The Morgan fingerprint density at radius 1 is 1.56 bits per heavy atom. The van der Waals surface area contributed by atoms with E-state index in [0.29, 0.717) is 10.4 Å². The van der Waals surface area contributed by atoms with E-state index in [-0.39, 0.29) is 5.57 Å². The first-order chi connectivity index (χ1) is 7.52. The monoisotopic (exact) mass is 283 g/mol. The molecule has 82 valence electrons. The van der Waals surface area contributed by atoms with Gasteiger partial charge in [-0.3, -0.25) is 10.1 Å². The molecule has 0 aliphatic carbocycles. The summed E-state index contributed by atoms with van der Waals surface area (Å²) in [5, 5.41) is 10.5. The van der Waals surface area contributed by atoms with Crippen molar-refractivity contribution in [3.63, 3.8) is 0 Å². The van der Waals surface area contributed by atoms with Crippen LogP contribution in [0.3, 0.4) is 0 Å². The number of carbonyl (C=O) groups excluding carboxylic acids is 2. The number of carbonyl (C=O) groups is 2. The second-order valence-corrected chi connectivity index (χ2v) is 3.41. The Kier molecular flexibility index (Phi) is 3.85. The van der Waals surface area contributed by atoms with E-state index in [1.54, 1.807) is 23.5 Å². The van der Waals surface area contributed by atoms with Crippen molar-refractivity contribution in [2.45, 2.75) is 0 Å². The van der Waals surface area contributed by atoms with Gasteiger partial charge in [-0.05, 0) is 28.1 Å². The van der Waals surface area contributed by atoms with Gasteiger partial charge in [0.1, 0.15) is 17.4 Å². The highest BCUT2D eigenvalue weighted by Gasteiger charge is 2.11. The summed E-state index contributed by atoms with van der Waals surface area (Å²) in [6.45, 7) is 0. The van der Waals surface area contributed by atoms with E-state index in [9.17, 15) is 9.59 Å². The first-order valence-corrected chi connectivity index (χ1v) is 4.80. The fraction of sp³-hybridized carbons (Fsp3) is 0. The van der Waals surface area contributed by atoms with Crippen molar-refractivity contribution in [1.29, 1.82) is 5.26 Å². The summed E-state index contributed by atoms with van der Waals surface area (Å²) in [4.78, 5) is 21.6. The van der Waals surface area contributed by atoms with Gasteiger partial charge in [-0.2, -0.15) is 5.26 Å². The van der Waals surface area contributed by atoms with Crippen molar-refractivity contribution >= 4 is 33.9 Å². The molecule has 1 aromatic heterocycles. The molecule has 0 unspecified atom stereocenters. The van der Waals surface area contributed by atoms with Crippen molar-refractivity contribution < 1.29 is 14.0 Å². The lowest BCUT2D eigenvalue weighted by Crippen LogP contribution is -2.35. The van der Waals surface area contributed by atoms with Crippen molar-refractivity contribution in [3.8, 4) is 6.07 Å². The van der Waals surface area contributed by atoms with Gasteiger partial charge in [-0.15, -0.1) is 0 Å². The van der Waals surface area contributed by atoms with E-state index in [4.69, 9.17) is 15.4 Å². The molecule has 16 heavy (non-hydrogen) atoms. The summed E-state index contributed by atoms with van der Waals surface area (Å²) >= 11 is 3.07. The molecule has 0 aromatic carbocycles. The molecule has 1 rings (SSSR count). The minimum Gasteiger partial charge on any atom is -0.450 e. The average Bonchev–Trinajstić information content (AvgIpc) is 2.59. The molecule has 6 nitrogen and oxygen atoms in total. The summed E-state index contributed by atoms with van der Waals surface area (Å²) in [5.41, 5.74) is 4.47. The minimum atomic E-state index is -1.02. The molecular weight excluding hydrogens is 278 g/mol. The van der Waals surface area contributed by atoms with E-state index in [1.165, 1.54) is 6.08 Å². The molecule has 0 radical (unpaired) electrons. The van der Waals surface area contributed by atoms with Crippen molar-refractivity contribution in [2.24, 2.45) is 5.73 Å². The first kappa shape index (κ1) is 12.0. The summed E-state index contributed by atoms with van der Waals surface area (Å²) in [6, 6.07) is 3.77. The number of rotatable bonds is 2. The molecule has 0 fully saturated rings. The lowest BCUT2D eigenvalue weighted by molar-refractivity contribution is -0.115. The van der Waals surface area contributed by atoms with Gasteiger partial charge in [0.25, 0.3) is 5.91 Å². The normalized spacial score (nSPS) is 10.6. The number of amides is 3. The van der Waals surface area contributed by atoms with Crippen LogP contribution in [-0.4, -0.2) is 11.9 Å². The zero-order chi connectivity index (χ0) is 12.1. The highest BCUT2D eigenvalue weighted by atomic mass is 79.9. The predicted molar refractivity (Wildman–Crippen MR) is 57.7 cm³/mol. The van der Waals surface area contributed by atoms with Crippen molar-refractivity contribution in [3.05, 3.63) is 28.1 Å². The second-order valence-electron chi connectivity index (χ2n) is 2.63. The minimum absolute atomic E-state index is 0.277. The van der Waals surface area contributed by atoms with Crippen LogP contribution in [-0.2, 0) is 4.79 Å². The maximum absolute atomic E-state index is 11.2. The summed E-state index contributed by atoms with van der Waals surface area (Å²) in [7, 11) is 0. The van der Waals surface area contributed by atoms with Gasteiger partial charge in [-0.25, -0.2) is 4.79 Å². The first-order valence-electron chi connectivity index (χ1n) is 4.01. The number of urea groups is 1. The zero-order valence-electron chi connectivity index (χ0n) is 7.86. The quantitative estimate of drug-likeness (QED) is 0.626. The third kappa shape index (κ3) is 3.25. The Balaban J connectivity index is 2.91. The molecule has 0 aliphatic heterocycles. The lowest BCUT2D eigenvalue weighted by atomic mass is 10.2. The van der Waals surface area contributed by atoms with Gasteiger partial charge >= 0.3 is 6.03 Å². The number of halogens is 1. The van der Waals surface area contributed by atoms with E-state index >= 15 is 0 Å². The van der Waals surface area contributed by atoms with E-state index in [1.807, 2.05) is 0 Å². The van der Waals surface area contributed by atoms with Crippen LogP contribution in [0.2, 0.25) is 0 Å². The number of nitrogens with two attached hydrogens (primary N) is 1. The maximum Gasteiger partial charge on any atom is 0.319 e. The third-order valence-electron chi connectivity index (χ3n) is 1.48. The molecule has 1 heterocycles. The molecule has 3 N–H and O–H groups in total. The van der Waals surface area contributed by atoms with Gasteiger partial charge < -0.3 is 10.2 Å². The molecule has 7 heteroatoms. The summed E-state index contributed by atoms with van der Waals surface area (Å²) in [5.74, 6) is -0.564. The Morgan fingerprint density at radius 2 is 2.25 bits per heavy atom. The molecule has 0 aliphatic rings. The predicted octanol–water partition coefficient (Wildman–Crippen LogP) is 1.14. The Morgan fingerprint density at radius 3 is 2.69 bits per heavy atom. The number of nitrogens with one attached hydrogen (secondary N) is 1. The number of imide groups is 1.